The molecule has 0 aromatic rings. The number of rotatable bonds is 2. The Morgan fingerprint density at radius 1 is 1.44 bits per heavy atom. The number of hydrogen-bond donors (Lipinski definition) is 0. The van der Waals surface area contributed by atoms with Gasteiger partial charge in [-0.1, -0.05) is 34.8 Å². The van der Waals surface area contributed by atoms with E-state index in [1.807, 2.05) is 0 Å². The molecule has 0 amide bonds. The van der Waals surface area contributed by atoms with Gasteiger partial charge in [0.1, 0.15) is 6.61 Å². The maximum absolute atomic E-state index is 9.45. The van der Waals surface area contributed by atoms with Crippen LogP contribution in [0.5, 0.6) is 0 Å². The van der Waals surface area contributed by atoms with E-state index in [1.165, 1.54) is 0 Å². The van der Waals surface area contributed by atoms with Crippen molar-refractivity contribution in [3.05, 3.63) is 0 Å². The van der Waals surface area contributed by atoms with E-state index in [-0.39, 0.29) is 25.5 Å². The first kappa shape index (κ1) is 12.3. The molecule has 0 fully saturated rings. The van der Waals surface area contributed by atoms with Crippen molar-refractivity contribution in [2.75, 3.05) is 6.61 Å². The van der Waals surface area contributed by atoms with Crippen LogP contribution in [0.25, 0.3) is 0 Å². The Morgan fingerprint density at radius 2 is 1.89 bits per heavy atom. The van der Waals surface area contributed by atoms with Crippen molar-refractivity contribution < 1.29 is 9.53 Å². The van der Waals surface area contributed by atoms with Crippen LogP contribution in [0, 0.1) is 0 Å². The van der Waals surface area contributed by atoms with E-state index in [4.69, 9.17) is 34.8 Å². The zero-order valence-corrected chi connectivity index (χ0v) is 7.23. The summed E-state index contributed by atoms with van der Waals surface area (Å²) >= 11 is 15.5. The van der Waals surface area contributed by atoms with Crippen molar-refractivity contribution in [3.8, 4) is 0 Å². The second kappa shape index (κ2) is 5.42. The predicted molar refractivity (Wildman–Crippen MR) is 39.6 cm³/mol. The summed E-state index contributed by atoms with van der Waals surface area (Å²) in [6.45, 7) is 0.0169. The van der Waals surface area contributed by atoms with Gasteiger partial charge >= 0.3 is 0 Å². The van der Waals surface area contributed by atoms with Crippen molar-refractivity contribution in [2.24, 2.45) is 0 Å². The number of hydrogen-bond acceptors (Lipinski definition) is 2. The van der Waals surface area contributed by atoms with Gasteiger partial charge in [-0.05, 0) is 0 Å². The Bertz CT molecular complexity index is 78.4. The lowest BCUT2D eigenvalue weighted by atomic mass is 10.8. The summed E-state index contributed by atoms with van der Waals surface area (Å²) in [6.07, 6.45) is 0. The van der Waals surface area contributed by atoms with Crippen molar-refractivity contribution >= 4 is 53.7 Å². The van der Waals surface area contributed by atoms with Gasteiger partial charge < -0.3 is 4.74 Å². The van der Waals surface area contributed by atoms with E-state index in [0.717, 1.165) is 0 Å². The first-order chi connectivity index (χ1) is 3.56. The third-order valence-corrected chi connectivity index (χ3v) is 0.642. The van der Waals surface area contributed by atoms with Crippen molar-refractivity contribution in [3.63, 3.8) is 0 Å². The minimum atomic E-state index is -1.49. The minimum absolute atomic E-state index is 0. The molecule has 0 aliphatic rings. The molecule has 0 aromatic carbocycles. The van der Waals surface area contributed by atoms with Crippen molar-refractivity contribution in [1.29, 1.82) is 0 Å². The molecule has 0 rings (SSSR count). The summed E-state index contributed by atoms with van der Waals surface area (Å²) in [6, 6.07) is 0. The van der Waals surface area contributed by atoms with Crippen LogP contribution in [0.4, 0.5) is 0 Å². The molecule has 0 unspecified atom stereocenters. The highest BCUT2D eigenvalue weighted by Gasteiger charge is 2.19. The van der Waals surface area contributed by atoms with Gasteiger partial charge in [0.2, 0.25) is 3.79 Å². The standard InChI is InChI=1S/C3H3Cl3O2.ClH/c4-3(5,6)1-8-2-7;/h2H,1H2;1H. The zero-order chi connectivity index (χ0) is 6.62. The largest absolute Gasteiger partial charge is 0.463 e. The van der Waals surface area contributed by atoms with Crippen LogP contribution >= 0.6 is 47.2 Å². The molecule has 0 saturated heterocycles. The molecule has 9 heavy (non-hydrogen) atoms. The number of carbonyl (C=O) groups is 1. The van der Waals surface area contributed by atoms with Gasteiger partial charge in [0, 0.05) is 0 Å². The molecule has 2 nitrogen and oxygen atoms in total. The summed E-state index contributed by atoms with van der Waals surface area (Å²) in [5.74, 6) is 0. The highest BCUT2D eigenvalue weighted by Crippen LogP contribution is 2.25. The number of ether oxygens (including phenoxy) is 1. The van der Waals surface area contributed by atoms with Gasteiger partial charge in [-0.3, -0.25) is 4.79 Å². The van der Waals surface area contributed by atoms with Crippen molar-refractivity contribution in [2.45, 2.75) is 3.79 Å². The summed E-state index contributed by atoms with van der Waals surface area (Å²) in [4.78, 5) is 9.45. The summed E-state index contributed by atoms with van der Waals surface area (Å²) in [5.41, 5.74) is 0. The van der Waals surface area contributed by atoms with Gasteiger partial charge in [0.25, 0.3) is 6.47 Å². The Kier molecular flexibility index (Phi) is 7.42. The Balaban J connectivity index is 0. The van der Waals surface area contributed by atoms with Crippen LogP contribution in [0.3, 0.4) is 0 Å². The van der Waals surface area contributed by atoms with E-state index in [0.29, 0.717) is 0 Å². The molecule has 0 heterocycles. The summed E-state index contributed by atoms with van der Waals surface area (Å²) < 4.78 is 2.64. The highest BCUT2D eigenvalue weighted by molar-refractivity contribution is 6.67. The van der Waals surface area contributed by atoms with Gasteiger partial charge in [0.05, 0.1) is 0 Å². The Morgan fingerprint density at radius 3 is 2.00 bits per heavy atom. The van der Waals surface area contributed by atoms with E-state index in [9.17, 15) is 4.79 Å². The van der Waals surface area contributed by atoms with Crippen molar-refractivity contribution in [1.82, 2.24) is 0 Å². The molecule has 6 heteroatoms. The molecule has 0 bridgehead atoms. The maximum Gasteiger partial charge on any atom is 0.293 e. The number of halogens is 4. The zero-order valence-electron chi connectivity index (χ0n) is 4.14. The normalized spacial score (nSPS) is 9.67. The summed E-state index contributed by atoms with van der Waals surface area (Å²) in [7, 11) is 0. The van der Waals surface area contributed by atoms with Gasteiger partial charge in [-0.15, -0.1) is 12.4 Å². The average Bonchev–Trinajstić information content (AvgIpc) is 1.59. The molecular formula is C3H4Cl4O2. The third-order valence-electron chi connectivity index (χ3n) is 0.315. The Labute approximate surface area is 73.8 Å². The molecule has 0 atom stereocenters. The fourth-order valence-electron chi connectivity index (χ4n) is 0.129. The number of alkyl halides is 3. The van der Waals surface area contributed by atoms with Crippen LogP contribution in [-0.2, 0) is 9.53 Å². The average molecular weight is 214 g/mol. The van der Waals surface area contributed by atoms with E-state index < -0.39 is 3.79 Å². The summed E-state index contributed by atoms with van der Waals surface area (Å²) in [5, 5.41) is 0. The SMILES string of the molecule is Cl.O=COCC(Cl)(Cl)Cl. The fraction of sp³-hybridized carbons (Fsp3) is 0.667. The smallest absolute Gasteiger partial charge is 0.293 e. The van der Waals surface area contributed by atoms with E-state index >= 15 is 0 Å². The third kappa shape index (κ3) is 12.0. The molecule has 0 saturated carbocycles. The van der Waals surface area contributed by atoms with E-state index in [1.54, 1.807) is 0 Å². The second-order valence-corrected chi connectivity index (χ2v) is 3.54. The quantitative estimate of drug-likeness (QED) is 0.518. The minimum Gasteiger partial charge on any atom is -0.463 e. The van der Waals surface area contributed by atoms with Crippen LogP contribution in [-0.4, -0.2) is 16.9 Å². The number of carbonyl (C=O) groups excluding carboxylic acids is 1. The molecule has 0 aliphatic heterocycles. The lowest BCUT2D eigenvalue weighted by Gasteiger charge is -2.06. The predicted octanol–water partition coefficient (Wildman–Crippen LogP) is 1.95. The first-order valence-corrected chi connectivity index (χ1v) is 2.81. The van der Waals surface area contributed by atoms with Gasteiger partial charge in [-0.25, -0.2) is 0 Å². The Hall–Kier alpha value is 0.630. The molecule has 0 radical (unpaired) electrons. The lowest BCUT2D eigenvalue weighted by Crippen LogP contribution is -2.11. The maximum atomic E-state index is 9.45. The van der Waals surface area contributed by atoms with E-state index in [2.05, 4.69) is 4.74 Å². The molecule has 0 aromatic heterocycles. The monoisotopic (exact) mass is 212 g/mol. The molecule has 0 aliphatic carbocycles. The molecule has 0 N–H and O–H groups in total. The molecule has 0 spiro atoms. The topological polar surface area (TPSA) is 26.3 Å². The van der Waals surface area contributed by atoms with Crippen LogP contribution in [0.2, 0.25) is 0 Å². The lowest BCUT2D eigenvalue weighted by molar-refractivity contribution is -0.128. The molecule has 56 valence electrons. The molecular weight excluding hydrogens is 210 g/mol. The highest BCUT2D eigenvalue weighted by atomic mass is 35.6. The van der Waals surface area contributed by atoms with Crippen LogP contribution in [0.1, 0.15) is 0 Å². The van der Waals surface area contributed by atoms with Gasteiger partial charge in [0.15, 0.2) is 0 Å². The fourth-order valence-corrected chi connectivity index (χ4v) is 0.317. The van der Waals surface area contributed by atoms with Crippen LogP contribution < -0.4 is 0 Å². The van der Waals surface area contributed by atoms with Crippen LogP contribution in [0.15, 0.2) is 0 Å². The first-order valence-electron chi connectivity index (χ1n) is 1.68. The second-order valence-electron chi connectivity index (χ2n) is 1.02. The van der Waals surface area contributed by atoms with Gasteiger partial charge in [-0.2, -0.15) is 0 Å².